The number of nitrogens with one attached hydrogen (secondary N) is 1. The van der Waals surface area contributed by atoms with E-state index in [9.17, 15) is 4.79 Å². The number of amides is 1. The van der Waals surface area contributed by atoms with Crippen LogP contribution in [0.4, 0.5) is 0 Å². The molecule has 1 unspecified atom stereocenters. The average Bonchev–Trinajstić information content (AvgIpc) is 2.49. The second-order valence-corrected chi connectivity index (χ2v) is 4.83. The van der Waals surface area contributed by atoms with Crippen molar-refractivity contribution in [2.45, 2.75) is 19.8 Å². The molecule has 0 radical (unpaired) electrons. The van der Waals surface area contributed by atoms with E-state index in [1.54, 1.807) is 14.2 Å². The Morgan fingerprint density at radius 2 is 2.00 bits per heavy atom. The van der Waals surface area contributed by atoms with E-state index in [1.165, 1.54) is 0 Å². The minimum absolute atomic E-state index is 0.0417. The maximum atomic E-state index is 11.7. The molecule has 5 nitrogen and oxygen atoms in total. The third-order valence-electron chi connectivity index (χ3n) is 3.14. The summed E-state index contributed by atoms with van der Waals surface area (Å²) in [6.45, 7) is 3.21. The summed E-state index contributed by atoms with van der Waals surface area (Å²) in [5.41, 5.74) is 6.55. The van der Waals surface area contributed by atoms with Gasteiger partial charge in [-0.3, -0.25) is 4.79 Å². The summed E-state index contributed by atoms with van der Waals surface area (Å²) in [5.74, 6) is 1.72. The molecule has 5 heteroatoms. The van der Waals surface area contributed by atoms with Crippen molar-refractivity contribution >= 4 is 5.91 Å². The van der Waals surface area contributed by atoms with Gasteiger partial charge in [-0.05, 0) is 36.6 Å². The predicted octanol–water partition coefficient (Wildman–Crippen LogP) is 1.35. The molecule has 1 amide bonds. The zero-order valence-electron chi connectivity index (χ0n) is 12.4. The molecule has 0 heterocycles. The second kappa shape index (κ2) is 8.43. The predicted molar refractivity (Wildman–Crippen MR) is 79.1 cm³/mol. The zero-order valence-corrected chi connectivity index (χ0v) is 12.4. The summed E-state index contributed by atoms with van der Waals surface area (Å²) in [6, 6.07) is 5.69. The number of methoxy groups -OCH3 is 2. The van der Waals surface area contributed by atoms with Gasteiger partial charge in [0, 0.05) is 13.0 Å². The molecule has 0 aliphatic rings. The van der Waals surface area contributed by atoms with E-state index in [0.29, 0.717) is 43.3 Å². The second-order valence-electron chi connectivity index (χ2n) is 4.83. The fourth-order valence-corrected chi connectivity index (χ4v) is 1.75. The van der Waals surface area contributed by atoms with Gasteiger partial charge in [0.1, 0.15) is 0 Å². The highest BCUT2D eigenvalue weighted by Crippen LogP contribution is 2.27. The van der Waals surface area contributed by atoms with Gasteiger partial charge < -0.3 is 20.5 Å². The first-order valence-corrected chi connectivity index (χ1v) is 6.78. The third-order valence-corrected chi connectivity index (χ3v) is 3.14. The van der Waals surface area contributed by atoms with Gasteiger partial charge in [-0.2, -0.15) is 0 Å². The van der Waals surface area contributed by atoms with Crippen molar-refractivity contribution in [2.75, 3.05) is 27.3 Å². The molecular formula is C15H24N2O3. The van der Waals surface area contributed by atoms with Crippen LogP contribution in [-0.4, -0.2) is 33.2 Å². The number of rotatable bonds is 8. The molecule has 0 spiro atoms. The summed E-state index contributed by atoms with van der Waals surface area (Å²) in [4.78, 5) is 11.7. The molecule has 1 aromatic carbocycles. The van der Waals surface area contributed by atoms with E-state index in [0.717, 1.165) is 5.56 Å². The Bertz CT molecular complexity index is 435. The van der Waals surface area contributed by atoms with Crippen molar-refractivity contribution in [3.63, 3.8) is 0 Å². The normalized spacial score (nSPS) is 11.8. The Hall–Kier alpha value is -1.75. The van der Waals surface area contributed by atoms with Crippen LogP contribution in [0, 0.1) is 5.92 Å². The minimum atomic E-state index is 0.0417. The molecule has 20 heavy (non-hydrogen) atoms. The molecule has 0 aromatic heterocycles. The highest BCUT2D eigenvalue weighted by Gasteiger charge is 2.07. The number of aryl methyl sites for hydroxylation is 1. The van der Waals surface area contributed by atoms with Crippen LogP contribution < -0.4 is 20.5 Å². The van der Waals surface area contributed by atoms with Gasteiger partial charge >= 0.3 is 0 Å². The molecule has 0 saturated carbocycles. The van der Waals surface area contributed by atoms with Crippen LogP contribution in [0.1, 0.15) is 18.9 Å². The quantitative estimate of drug-likeness (QED) is 0.754. The van der Waals surface area contributed by atoms with E-state index >= 15 is 0 Å². The highest BCUT2D eigenvalue weighted by molar-refractivity contribution is 5.76. The molecule has 0 fully saturated rings. The Kier molecular flexibility index (Phi) is 6.87. The first kappa shape index (κ1) is 16.3. The van der Waals surface area contributed by atoms with Crippen LogP contribution >= 0.6 is 0 Å². The van der Waals surface area contributed by atoms with E-state index in [1.807, 2.05) is 25.1 Å². The third kappa shape index (κ3) is 5.09. The van der Waals surface area contributed by atoms with Crippen molar-refractivity contribution in [3.05, 3.63) is 23.8 Å². The Balaban J connectivity index is 2.47. The van der Waals surface area contributed by atoms with Gasteiger partial charge in [0.2, 0.25) is 5.91 Å². The molecule has 0 aliphatic carbocycles. The van der Waals surface area contributed by atoms with Crippen LogP contribution in [0.25, 0.3) is 0 Å². The summed E-state index contributed by atoms with van der Waals surface area (Å²) in [5, 5.41) is 2.88. The lowest BCUT2D eigenvalue weighted by molar-refractivity contribution is -0.121. The number of benzene rings is 1. The molecule has 112 valence electrons. The molecule has 0 bridgehead atoms. The van der Waals surface area contributed by atoms with Crippen molar-refractivity contribution in [1.82, 2.24) is 5.32 Å². The molecule has 1 aromatic rings. The van der Waals surface area contributed by atoms with Gasteiger partial charge in [0.25, 0.3) is 0 Å². The lowest BCUT2D eigenvalue weighted by Crippen LogP contribution is -2.31. The number of ether oxygens (including phenoxy) is 2. The van der Waals surface area contributed by atoms with Crippen molar-refractivity contribution in [2.24, 2.45) is 11.7 Å². The lowest BCUT2D eigenvalue weighted by atomic mass is 10.1. The van der Waals surface area contributed by atoms with Crippen molar-refractivity contribution in [1.29, 1.82) is 0 Å². The summed E-state index contributed by atoms with van der Waals surface area (Å²) in [7, 11) is 3.20. The smallest absolute Gasteiger partial charge is 0.220 e. The fraction of sp³-hybridized carbons (Fsp3) is 0.533. The SMILES string of the molecule is COc1ccc(CCC(=O)NCC(C)CN)cc1OC. The Morgan fingerprint density at radius 3 is 2.60 bits per heavy atom. The molecule has 0 saturated heterocycles. The standard InChI is InChI=1S/C15H24N2O3/c1-11(9-16)10-17-15(18)7-5-12-4-6-13(19-2)14(8-12)20-3/h4,6,8,11H,5,7,9-10,16H2,1-3H3,(H,17,18). The molecule has 0 aliphatic heterocycles. The van der Waals surface area contributed by atoms with Crippen LogP contribution in [0.5, 0.6) is 11.5 Å². The molecular weight excluding hydrogens is 256 g/mol. The van der Waals surface area contributed by atoms with Crippen molar-refractivity contribution < 1.29 is 14.3 Å². The van der Waals surface area contributed by atoms with Gasteiger partial charge in [0.15, 0.2) is 11.5 Å². The number of hydrogen-bond acceptors (Lipinski definition) is 4. The topological polar surface area (TPSA) is 73.6 Å². The zero-order chi connectivity index (χ0) is 15.0. The van der Waals surface area contributed by atoms with E-state index < -0.39 is 0 Å². The summed E-state index contributed by atoms with van der Waals surface area (Å²) >= 11 is 0. The van der Waals surface area contributed by atoms with E-state index in [2.05, 4.69) is 5.32 Å². The van der Waals surface area contributed by atoms with E-state index in [-0.39, 0.29) is 5.91 Å². The minimum Gasteiger partial charge on any atom is -0.493 e. The highest BCUT2D eigenvalue weighted by atomic mass is 16.5. The van der Waals surface area contributed by atoms with Crippen molar-refractivity contribution in [3.8, 4) is 11.5 Å². The first-order chi connectivity index (χ1) is 9.60. The lowest BCUT2D eigenvalue weighted by Gasteiger charge is -2.11. The van der Waals surface area contributed by atoms with Crippen LogP contribution in [0.15, 0.2) is 18.2 Å². The summed E-state index contributed by atoms with van der Waals surface area (Å²) < 4.78 is 10.4. The van der Waals surface area contributed by atoms with Crippen LogP contribution in [-0.2, 0) is 11.2 Å². The van der Waals surface area contributed by atoms with Gasteiger partial charge in [0.05, 0.1) is 14.2 Å². The number of carbonyl (C=O) groups excluding carboxylic acids is 1. The maximum Gasteiger partial charge on any atom is 0.220 e. The Labute approximate surface area is 120 Å². The molecule has 1 rings (SSSR count). The first-order valence-electron chi connectivity index (χ1n) is 6.78. The number of nitrogens with two attached hydrogens (primary N) is 1. The Morgan fingerprint density at radius 1 is 1.30 bits per heavy atom. The van der Waals surface area contributed by atoms with Crippen LogP contribution in [0.2, 0.25) is 0 Å². The van der Waals surface area contributed by atoms with E-state index in [4.69, 9.17) is 15.2 Å². The largest absolute Gasteiger partial charge is 0.493 e. The van der Waals surface area contributed by atoms with Crippen LogP contribution in [0.3, 0.4) is 0 Å². The van der Waals surface area contributed by atoms with Gasteiger partial charge in [-0.1, -0.05) is 13.0 Å². The van der Waals surface area contributed by atoms with Gasteiger partial charge in [-0.25, -0.2) is 0 Å². The number of hydrogen-bond donors (Lipinski definition) is 2. The summed E-state index contributed by atoms with van der Waals surface area (Å²) in [6.07, 6.45) is 1.12. The maximum absolute atomic E-state index is 11.7. The molecule has 1 atom stereocenters. The number of carbonyl (C=O) groups is 1. The monoisotopic (exact) mass is 280 g/mol. The molecule has 3 N–H and O–H groups in total. The fourth-order valence-electron chi connectivity index (χ4n) is 1.75. The van der Waals surface area contributed by atoms with Gasteiger partial charge in [-0.15, -0.1) is 0 Å². The average molecular weight is 280 g/mol.